The van der Waals surface area contributed by atoms with Crippen molar-refractivity contribution in [3.05, 3.63) is 89.5 Å². The van der Waals surface area contributed by atoms with Crippen LogP contribution in [0.5, 0.6) is 17.2 Å². The van der Waals surface area contributed by atoms with Gasteiger partial charge in [0, 0.05) is 12.1 Å². The predicted octanol–water partition coefficient (Wildman–Crippen LogP) is 3.63. The lowest BCUT2D eigenvalue weighted by Gasteiger charge is -2.29. The van der Waals surface area contributed by atoms with E-state index < -0.39 is 12.2 Å². The Morgan fingerprint density at radius 1 is 0.821 bits per heavy atom. The lowest BCUT2D eigenvalue weighted by Crippen LogP contribution is -2.31. The lowest BCUT2D eigenvalue weighted by atomic mass is 9.99. The minimum Gasteiger partial charge on any atom is -0.490 e. The summed E-state index contributed by atoms with van der Waals surface area (Å²) in [5.74, 6) is 1.48. The molecular formula is C23H22O5. The van der Waals surface area contributed by atoms with E-state index in [0.29, 0.717) is 36.0 Å². The summed E-state index contributed by atoms with van der Waals surface area (Å²) in [7, 11) is 0. The quantitative estimate of drug-likeness (QED) is 0.686. The van der Waals surface area contributed by atoms with Gasteiger partial charge in [0.25, 0.3) is 0 Å². The van der Waals surface area contributed by atoms with E-state index in [1.165, 1.54) is 0 Å². The van der Waals surface area contributed by atoms with Gasteiger partial charge in [-0.25, -0.2) is 0 Å². The van der Waals surface area contributed by atoms with Gasteiger partial charge in [-0.15, -0.1) is 0 Å². The Labute approximate surface area is 163 Å². The summed E-state index contributed by atoms with van der Waals surface area (Å²) in [6.07, 6.45) is -2.07. The molecule has 0 spiro atoms. The normalized spacial score (nSPS) is 18.1. The average molecular weight is 378 g/mol. The summed E-state index contributed by atoms with van der Waals surface area (Å²) in [5, 5.41) is 20.4. The molecule has 4 rings (SSSR count). The molecule has 0 amide bonds. The maximum atomic E-state index is 10.5. The molecule has 3 aromatic carbocycles. The second-order valence-electron chi connectivity index (χ2n) is 6.70. The van der Waals surface area contributed by atoms with Crippen molar-refractivity contribution in [3.63, 3.8) is 0 Å². The predicted molar refractivity (Wildman–Crippen MR) is 104 cm³/mol. The zero-order valence-corrected chi connectivity index (χ0v) is 15.3. The first-order chi connectivity index (χ1) is 13.7. The summed E-state index contributed by atoms with van der Waals surface area (Å²) in [6, 6.07) is 23.1. The van der Waals surface area contributed by atoms with Crippen LogP contribution in [0.4, 0.5) is 0 Å². The highest BCUT2D eigenvalue weighted by Gasteiger charge is 2.32. The van der Waals surface area contributed by atoms with Crippen LogP contribution in [0.3, 0.4) is 0 Å². The second kappa shape index (κ2) is 8.33. The second-order valence-corrected chi connectivity index (χ2v) is 6.70. The number of benzene rings is 3. The number of aliphatic hydroxyl groups is 2. The molecule has 2 N–H and O–H groups in total. The number of hydrogen-bond acceptors (Lipinski definition) is 5. The van der Waals surface area contributed by atoms with E-state index in [1.807, 2.05) is 60.7 Å². The largest absolute Gasteiger partial charge is 0.490 e. The molecule has 0 aromatic heterocycles. The molecule has 0 aliphatic carbocycles. The van der Waals surface area contributed by atoms with Crippen molar-refractivity contribution in [3.8, 4) is 17.2 Å². The topological polar surface area (TPSA) is 68.2 Å². The van der Waals surface area contributed by atoms with Crippen LogP contribution in [0.25, 0.3) is 0 Å². The minimum atomic E-state index is -1.07. The highest BCUT2D eigenvalue weighted by molar-refractivity contribution is 5.53. The number of hydrogen-bond donors (Lipinski definition) is 2. The summed E-state index contributed by atoms with van der Waals surface area (Å²) < 4.78 is 17.5. The fourth-order valence-corrected chi connectivity index (χ4v) is 3.13. The molecule has 0 saturated carbocycles. The summed E-state index contributed by atoms with van der Waals surface area (Å²) in [6.45, 7) is 0.760. The SMILES string of the molecule is OC1COc2cc(OCc3ccccc3)cc(OCc3ccccc3)c2C1O. The monoisotopic (exact) mass is 378 g/mol. The van der Waals surface area contributed by atoms with E-state index in [-0.39, 0.29) is 6.61 Å². The summed E-state index contributed by atoms with van der Waals surface area (Å²) >= 11 is 0. The fourth-order valence-electron chi connectivity index (χ4n) is 3.13. The molecule has 0 fully saturated rings. The highest BCUT2D eigenvalue weighted by Crippen LogP contribution is 2.42. The fraction of sp³-hybridized carbons (Fsp3) is 0.217. The molecule has 1 aliphatic rings. The van der Waals surface area contributed by atoms with Gasteiger partial charge in [0.15, 0.2) is 0 Å². The third-order valence-corrected chi connectivity index (χ3v) is 4.63. The molecule has 1 heterocycles. The molecule has 1 aliphatic heterocycles. The maximum Gasteiger partial charge on any atom is 0.133 e. The number of fused-ring (bicyclic) bond motifs is 1. The third kappa shape index (κ3) is 4.11. The van der Waals surface area contributed by atoms with Gasteiger partial charge in [0.1, 0.15) is 49.3 Å². The van der Waals surface area contributed by atoms with Crippen LogP contribution in [0.15, 0.2) is 72.8 Å². The standard InChI is InChI=1S/C23H22O5/c24-19-15-28-21-12-18(26-13-16-7-3-1-4-8-16)11-20(22(21)23(19)25)27-14-17-9-5-2-6-10-17/h1-12,19,23-25H,13-15H2. The first-order valence-corrected chi connectivity index (χ1v) is 9.21. The van der Waals surface area contributed by atoms with Crippen molar-refractivity contribution in [2.45, 2.75) is 25.4 Å². The van der Waals surface area contributed by atoms with Crippen molar-refractivity contribution >= 4 is 0 Å². The van der Waals surface area contributed by atoms with Gasteiger partial charge in [-0.2, -0.15) is 0 Å². The van der Waals surface area contributed by atoms with E-state index in [0.717, 1.165) is 11.1 Å². The first-order valence-electron chi connectivity index (χ1n) is 9.21. The molecule has 5 heteroatoms. The molecule has 2 unspecified atom stereocenters. The number of aliphatic hydroxyl groups excluding tert-OH is 2. The van der Waals surface area contributed by atoms with E-state index in [9.17, 15) is 10.2 Å². The van der Waals surface area contributed by atoms with Gasteiger partial charge >= 0.3 is 0 Å². The lowest BCUT2D eigenvalue weighted by molar-refractivity contribution is -0.0274. The van der Waals surface area contributed by atoms with E-state index >= 15 is 0 Å². The van der Waals surface area contributed by atoms with E-state index in [1.54, 1.807) is 12.1 Å². The molecule has 3 aromatic rings. The van der Waals surface area contributed by atoms with Crippen molar-refractivity contribution in [2.24, 2.45) is 0 Å². The van der Waals surface area contributed by atoms with Crippen LogP contribution in [0, 0.1) is 0 Å². The Kier molecular flexibility index (Phi) is 5.46. The van der Waals surface area contributed by atoms with Crippen LogP contribution in [0.1, 0.15) is 22.8 Å². The van der Waals surface area contributed by atoms with Crippen LogP contribution in [0.2, 0.25) is 0 Å². The highest BCUT2D eigenvalue weighted by atomic mass is 16.5. The Morgan fingerprint density at radius 2 is 1.43 bits per heavy atom. The van der Waals surface area contributed by atoms with Crippen molar-refractivity contribution in [2.75, 3.05) is 6.61 Å². The smallest absolute Gasteiger partial charge is 0.133 e. The van der Waals surface area contributed by atoms with Crippen LogP contribution in [-0.4, -0.2) is 22.9 Å². The molecule has 144 valence electrons. The average Bonchev–Trinajstić information content (AvgIpc) is 2.74. The molecular weight excluding hydrogens is 356 g/mol. The number of rotatable bonds is 6. The van der Waals surface area contributed by atoms with Crippen molar-refractivity contribution in [1.82, 2.24) is 0 Å². The molecule has 0 saturated heterocycles. The van der Waals surface area contributed by atoms with Gasteiger partial charge < -0.3 is 24.4 Å². The first kappa shape index (κ1) is 18.3. The Morgan fingerprint density at radius 3 is 2.07 bits per heavy atom. The minimum absolute atomic E-state index is 0.0223. The zero-order valence-electron chi connectivity index (χ0n) is 15.3. The van der Waals surface area contributed by atoms with Crippen LogP contribution >= 0.6 is 0 Å². The van der Waals surface area contributed by atoms with E-state index in [4.69, 9.17) is 14.2 Å². The Bertz CT molecular complexity index is 911. The van der Waals surface area contributed by atoms with Gasteiger partial charge in [-0.05, 0) is 11.1 Å². The Balaban J connectivity index is 1.59. The zero-order chi connectivity index (χ0) is 19.3. The van der Waals surface area contributed by atoms with Gasteiger partial charge in [0.05, 0.1) is 5.56 Å². The number of ether oxygens (including phenoxy) is 3. The maximum absolute atomic E-state index is 10.5. The Hall–Kier alpha value is -3.02. The molecule has 0 bridgehead atoms. The van der Waals surface area contributed by atoms with Crippen molar-refractivity contribution in [1.29, 1.82) is 0 Å². The molecule has 28 heavy (non-hydrogen) atoms. The van der Waals surface area contributed by atoms with Gasteiger partial charge in [-0.1, -0.05) is 60.7 Å². The summed E-state index contributed by atoms with van der Waals surface area (Å²) in [5.41, 5.74) is 2.49. The molecule has 5 nitrogen and oxygen atoms in total. The molecule has 0 radical (unpaired) electrons. The van der Waals surface area contributed by atoms with Crippen LogP contribution < -0.4 is 14.2 Å². The molecule has 2 atom stereocenters. The third-order valence-electron chi connectivity index (χ3n) is 4.63. The summed E-state index contributed by atoms with van der Waals surface area (Å²) in [4.78, 5) is 0. The van der Waals surface area contributed by atoms with Crippen LogP contribution in [-0.2, 0) is 13.2 Å². The van der Waals surface area contributed by atoms with Crippen molar-refractivity contribution < 1.29 is 24.4 Å². The van der Waals surface area contributed by atoms with Gasteiger partial charge in [-0.3, -0.25) is 0 Å². The van der Waals surface area contributed by atoms with E-state index in [2.05, 4.69) is 0 Å². The van der Waals surface area contributed by atoms with Gasteiger partial charge in [0.2, 0.25) is 0 Å².